The first-order valence-electron chi connectivity index (χ1n) is 6.74. The van der Waals surface area contributed by atoms with Crippen molar-refractivity contribution < 1.29 is 18.9 Å². The number of likely N-dealkylation sites (tertiary alicyclic amines) is 1. The van der Waals surface area contributed by atoms with E-state index in [2.05, 4.69) is 16.8 Å². The predicted octanol–water partition coefficient (Wildman–Crippen LogP) is 2.20. The number of piperidine rings is 1. The normalized spacial score (nSPS) is 20.6. The maximum Gasteiger partial charge on any atom is 0.352 e. The highest BCUT2D eigenvalue weighted by atomic mass is 19.1. The summed E-state index contributed by atoms with van der Waals surface area (Å²) in [6.45, 7) is 1.93. The van der Waals surface area contributed by atoms with Crippen LogP contribution in [-0.4, -0.2) is 42.7 Å². The predicted molar refractivity (Wildman–Crippen MR) is 70.5 cm³/mol. The maximum atomic E-state index is 13.9. The van der Waals surface area contributed by atoms with Crippen LogP contribution in [0.1, 0.15) is 18.4 Å². The van der Waals surface area contributed by atoms with E-state index in [0.717, 1.165) is 37.9 Å². The molecule has 1 spiro atoms. The molecule has 0 radical (unpaired) electrons. The van der Waals surface area contributed by atoms with Crippen LogP contribution in [0.3, 0.4) is 0 Å². The molecule has 6 heteroatoms. The summed E-state index contributed by atoms with van der Waals surface area (Å²) < 4.78 is 19.9. The first kappa shape index (κ1) is 13.3. The van der Waals surface area contributed by atoms with Gasteiger partial charge in [-0.2, -0.15) is 4.39 Å². The number of rotatable bonds is 2. The van der Waals surface area contributed by atoms with Crippen LogP contribution >= 0.6 is 0 Å². The average molecular weight is 281 g/mol. The van der Waals surface area contributed by atoms with Crippen LogP contribution in [0.25, 0.3) is 0 Å². The van der Waals surface area contributed by atoms with Crippen molar-refractivity contribution in [2.75, 3.05) is 27.2 Å². The van der Waals surface area contributed by atoms with Gasteiger partial charge in [0.15, 0.2) is 7.11 Å². The van der Waals surface area contributed by atoms with Crippen LogP contribution in [0, 0.1) is 10.7 Å². The van der Waals surface area contributed by atoms with E-state index in [1.54, 1.807) is 0 Å². The lowest BCUT2D eigenvalue weighted by atomic mass is 9.87. The van der Waals surface area contributed by atoms with Gasteiger partial charge in [-0.3, -0.25) is 0 Å². The van der Waals surface area contributed by atoms with Crippen molar-refractivity contribution in [1.82, 2.24) is 4.90 Å². The third-order valence-corrected chi connectivity index (χ3v) is 4.23. The Kier molecular flexibility index (Phi) is 3.12. The molecule has 2 heterocycles. The largest absolute Gasteiger partial charge is 0.486 e. The van der Waals surface area contributed by atoms with Crippen LogP contribution in [0.15, 0.2) is 12.1 Å². The van der Waals surface area contributed by atoms with E-state index in [0.29, 0.717) is 5.75 Å². The molecule has 2 aliphatic heterocycles. The zero-order valence-corrected chi connectivity index (χ0v) is 11.7. The second-order valence-electron chi connectivity index (χ2n) is 5.62. The molecule has 0 atom stereocenters. The lowest BCUT2D eigenvalue weighted by Gasteiger charge is -2.37. The average Bonchev–Trinajstić information content (AvgIpc) is 2.78. The minimum atomic E-state index is -0.620. The molecule has 1 saturated heterocycles. The second kappa shape index (κ2) is 4.70. The molecular formula is C14H18FN2O3+. The van der Waals surface area contributed by atoms with E-state index >= 15 is 0 Å². The first-order valence-corrected chi connectivity index (χ1v) is 6.74. The van der Waals surface area contributed by atoms with Crippen LogP contribution in [-0.2, 0) is 11.3 Å². The Morgan fingerprint density at radius 1 is 1.40 bits per heavy atom. The summed E-state index contributed by atoms with van der Waals surface area (Å²) in [5.41, 5.74) is 0.546. The first-order chi connectivity index (χ1) is 9.53. The zero-order chi connectivity index (χ0) is 14.3. The quantitative estimate of drug-likeness (QED) is 0.779. The monoisotopic (exact) mass is 281 g/mol. The Balaban J connectivity index is 1.88. The van der Waals surface area contributed by atoms with Gasteiger partial charge in [0, 0.05) is 50.0 Å². The van der Waals surface area contributed by atoms with E-state index in [1.165, 1.54) is 19.2 Å². The molecule has 1 aromatic rings. The van der Waals surface area contributed by atoms with Crippen LogP contribution in [0.4, 0.5) is 10.1 Å². The Hall–Kier alpha value is -1.69. The molecule has 0 bridgehead atoms. The highest BCUT2D eigenvalue weighted by molar-refractivity contribution is 5.48. The molecular weight excluding hydrogens is 263 g/mol. The van der Waals surface area contributed by atoms with Crippen molar-refractivity contribution in [2.45, 2.75) is 24.9 Å². The van der Waals surface area contributed by atoms with Gasteiger partial charge < -0.3 is 9.64 Å². The summed E-state index contributed by atoms with van der Waals surface area (Å²) in [7, 11) is 3.30. The van der Waals surface area contributed by atoms with E-state index in [4.69, 9.17) is 4.74 Å². The molecule has 3 rings (SSSR count). The lowest BCUT2D eigenvalue weighted by molar-refractivity contribution is -0.737. The van der Waals surface area contributed by atoms with E-state index in [1.807, 2.05) is 0 Å². The third kappa shape index (κ3) is 2.14. The Morgan fingerprint density at radius 2 is 2.10 bits per heavy atom. The Labute approximate surface area is 116 Å². The molecule has 0 saturated carbocycles. The van der Waals surface area contributed by atoms with Gasteiger partial charge in [0.1, 0.15) is 11.4 Å². The van der Waals surface area contributed by atoms with Crippen molar-refractivity contribution in [1.29, 1.82) is 0 Å². The molecule has 0 aromatic heterocycles. The van der Waals surface area contributed by atoms with Gasteiger partial charge in [0.2, 0.25) is 5.82 Å². The van der Waals surface area contributed by atoms with Crippen molar-refractivity contribution in [2.24, 2.45) is 0 Å². The van der Waals surface area contributed by atoms with Crippen LogP contribution in [0.5, 0.6) is 5.75 Å². The van der Waals surface area contributed by atoms with Gasteiger partial charge in [0.05, 0.1) is 4.91 Å². The highest BCUT2D eigenvalue weighted by Gasteiger charge is 2.43. The number of hydrogen-bond donors (Lipinski definition) is 0. The minimum Gasteiger partial charge on any atom is -0.486 e. The topological polar surface area (TPSA) is 41.8 Å². The van der Waals surface area contributed by atoms with Crippen LogP contribution < -0.4 is 4.74 Å². The fourth-order valence-electron chi connectivity index (χ4n) is 2.98. The summed E-state index contributed by atoms with van der Waals surface area (Å²) >= 11 is 0. The van der Waals surface area contributed by atoms with Crippen LogP contribution in [0.2, 0.25) is 0 Å². The minimum absolute atomic E-state index is 0.0974. The molecule has 0 aliphatic carbocycles. The number of benzene rings is 1. The Bertz CT molecular complexity index is 554. The maximum absolute atomic E-state index is 13.9. The number of fused-ring (bicyclic) bond motifs is 1. The van der Waals surface area contributed by atoms with Gasteiger partial charge in [0.25, 0.3) is 4.92 Å². The molecule has 1 aromatic carbocycles. The SMILES string of the molecule is CO[N+](=O)c1cc2c(cc1F)OC1(CCN(C)CC1)C2. The zero-order valence-electron chi connectivity index (χ0n) is 11.7. The highest BCUT2D eigenvalue weighted by Crippen LogP contribution is 2.43. The molecule has 5 nitrogen and oxygen atoms in total. The molecule has 0 N–H and O–H groups in total. The second-order valence-corrected chi connectivity index (χ2v) is 5.62. The lowest BCUT2D eigenvalue weighted by Crippen LogP contribution is -2.45. The van der Waals surface area contributed by atoms with E-state index in [-0.39, 0.29) is 16.2 Å². The summed E-state index contributed by atoms with van der Waals surface area (Å²) in [5.74, 6) is -0.0640. The number of halogens is 1. The summed E-state index contributed by atoms with van der Waals surface area (Å²) in [6.07, 6.45) is 2.56. The fraction of sp³-hybridized carbons (Fsp3) is 0.571. The Morgan fingerprint density at radius 3 is 2.75 bits per heavy atom. The van der Waals surface area contributed by atoms with Crippen molar-refractivity contribution >= 4 is 5.69 Å². The molecule has 108 valence electrons. The van der Waals surface area contributed by atoms with E-state index in [9.17, 15) is 9.30 Å². The summed E-state index contributed by atoms with van der Waals surface area (Å²) in [6, 6.07) is 2.83. The number of hydrogen-bond acceptors (Lipinski definition) is 4. The van der Waals surface area contributed by atoms with Crippen molar-refractivity contribution in [3.8, 4) is 5.75 Å². The molecule has 0 unspecified atom stereocenters. The number of nitrogens with zero attached hydrogens (tertiary/aromatic N) is 2. The fourth-order valence-corrected chi connectivity index (χ4v) is 2.98. The third-order valence-electron chi connectivity index (χ3n) is 4.23. The summed E-state index contributed by atoms with van der Waals surface area (Å²) in [5, 5.41) is 0. The molecule has 1 fully saturated rings. The number of ether oxygens (including phenoxy) is 1. The molecule has 0 amide bonds. The van der Waals surface area contributed by atoms with Crippen molar-refractivity contribution in [3.05, 3.63) is 28.4 Å². The molecule has 2 aliphatic rings. The smallest absolute Gasteiger partial charge is 0.352 e. The van der Waals surface area contributed by atoms with Crippen molar-refractivity contribution in [3.63, 3.8) is 0 Å². The van der Waals surface area contributed by atoms with Gasteiger partial charge in [-0.25, -0.2) is 4.84 Å². The van der Waals surface area contributed by atoms with Gasteiger partial charge >= 0.3 is 5.69 Å². The van der Waals surface area contributed by atoms with E-state index < -0.39 is 5.82 Å². The van der Waals surface area contributed by atoms with Gasteiger partial charge in [-0.1, -0.05) is 0 Å². The summed E-state index contributed by atoms with van der Waals surface area (Å²) in [4.78, 5) is 18.4. The molecule has 20 heavy (non-hydrogen) atoms. The standard InChI is InChI=1S/C14H18FN2O3/c1-16-5-3-14(4-6-16)9-10-7-12(17(18)19-2)11(15)8-13(10)20-14/h7-8H,3-6,9H2,1-2H3/q+1. The van der Waals surface area contributed by atoms with Gasteiger partial charge in [-0.15, -0.1) is 0 Å². The van der Waals surface area contributed by atoms with Gasteiger partial charge in [-0.05, 0) is 7.05 Å².